The molecule has 0 aromatic carbocycles. The van der Waals surface area contributed by atoms with E-state index in [2.05, 4.69) is 19.1 Å². The number of carbonyl (C=O) groups is 2. The van der Waals surface area contributed by atoms with Crippen LogP contribution in [-0.4, -0.2) is 34.2 Å². The fourth-order valence-corrected chi connectivity index (χ4v) is 6.44. The van der Waals surface area contributed by atoms with Gasteiger partial charge in [-0.25, -0.2) is 4.79 Å². The number of amides is 1. The fourth-order valence-electron chi connectivity index (χ4n) is 5.33. The van der Waals surface area contributed by atoms with Crippen LogP contribution in [0.15, 0.2) is 18.2 Å². The summed E-state index contributed by atoms with van der Waals surface area (Å²) in [5, 5.41) is 20.1. The molecular formula is C24H33NO4S. The minimum Gasteiger partial charge on any atom is -0.477 e. The topological polar surface area (TPSA) is 77.8 Å². The molecular weight excluding hydrogens is 398 g/mol. The monoisotopic (exact) mass is 431 g/mol. The first-order chi connectivity index (χ1) is 14.4. The van der Waals surface area contributed by atoms with Crippen molar-refractivity contribution in [3.05, 3.63) is 28.0 Å². The lowest BCUT2D eigenvalue weighted by Gasteiger charge is -2.34. The Kier molecular flexibility index (Phi) is 6.63. The third kappa shape index (κ3) is 4.50. The minimum atomic E-state index is -0.963. The molecule has 2 fully saturated rings. The van der Waals surface area contributed by atoms with Crippen LogP contribution in [0.1, 0.15) is 91.6 Å². The highest BCUT2D eigenvalue weighted by Crippen LogP contribution is 2.42. The van der Waals surface area contributed by atoms with E-state index in [9.17, 15) is 19.8 Å². The van der Waals surface area contributed by atoms with Gasteiger partial charge >= 0.3 is 5.97 Å². The number of carboxylic acids is 1. The van der Waals surface area contributed by atoms with Gasteiger partial charge in [0.2, 0.25) is 5.91 Å². The van der Waals surface area contributed by atoms with Gasteiger partial charge in [0, 0.05) is 22.8 Å². The van der Waals surface area contributed by atoms with Crippen LogP contribution in [0.5, 0.6) is 0 Å². The predicted molar refractivity (Wildman–Crippen MR) is 119 cm³/mol. The van der Waals surface area contributed by atoms with Crippen LogP contribution in [-0.2, 0) is 4.79 Å². The van der Waals surface area contributed by atoms with E-state index in [-0.39, 0.29) is 28.7 Å². The van der Waals surface area contributed by atoms with Gasteiger partial charge in [-0.1, -0.05) is 19.1 Å². The zero-order valence-corrected chi connectivity index (χ0v) is 18.6. The zero-order valence-electron chi connectivity index (χ0n) is 17.8. The fraction of sp³-hybridized carbons (Fsp3) is 0.667. The van der Waals surface area contributed by atoms with E-state index in [1.165, 1.54) is 11.3 Å². The van der Waals surface area contributed by atoms with E-state index in [4.69, 9.17) is 0 Å². The van der Waals surface area contributed by atoms with Crippen molar-refractivity contribution in [1.29, 1.82) is 0 Å². The largest absolute Gasteiger partial charge is 0.477 e. The number of aliphatic hydroxyl groups excluding tert-OH is 1. The molecule has 3 aliphatic rings. The van der Waals surface area contributed by atoms with E-state index in [0.717, 1.165) is 56.2 Å². The van der Waals surface area contributed by atoms with Gasteiger partial charge < -0.3 is 15.1 Å². The standard InChI is InChI=1S/C24H33NO4S/c1-15-7-9-17(10-8-15)23(27)25(18-11-12-19(26)13-18)20-14-21(30-22(20)24(28)29)16-5-3-2-4-6-16/h3,5,14-19,26H,2,4,6-13H2,1H3,(H,28,29). The summed E-state index contributed by atoms with van der Waals surface area (Å²) in [6, 6.07) is 1.84. The number of hydrogen-bond donors (Lipinski definition) is 2. The van der Waals surface area contributed by atoms with Gasteiger partial charge in [0.25, 0.3) is 0 Å². The van der Waals surface area contributed by atoms with Crippen LogP contribution in [0.4, 0.5) is 5.69 Å². The quantitative estimate of drug-likeness (QED) is 0.617. The summed E-state index contributed by atoms with van der Waals surface area (Å²) in [7, 11) is 0. The van der Waals surface area contributed by atoms with Crippen LogP contribution in [0.2, 0.25) is 0 Å². The molecule has 1 aromatic heterocycles. The lowest BCUT2D eigenvalue weighted by molar-refractivity contribution is -0.124. The summed E-state index contributed by atoms with van der Waals surface area (Å²) in [6.45, 7) is 2.23. The molecule has 0 aliphatic heterocycles. The first-order valence-electron chi connectivity index (χ1n) is 11.5. The van der Waals surface area contributed by atoms with Gasteiger partial charge in [0.05, 0.1) is 11.8 Å². The number of aliphatic hydroxyl groups is 1. The van der Waals surface area contributed by atoms with Gasteiger partial charge in [-0.2, -0.15) is 0 Å². The van der Waals surface area contributed by atoms with Gasteiger partial charge in [0.15, 0.2) is 0 Å². The normalized spacial score (nSPS) is 31.6. The highest BCUT2D eigenvalue weighted by molar-refractivity contribution is 7.14. The van der Waals surface area contributed by atoms with E-state index >= 15 is 0 Å². The molecule has 3 unspecified atom stereocenters. The molecule has 3 aliphatic carbocycles. The summed E-state index contributed by atoms with van der Waals surface area (Å²) in [6.07, 6.45) is 12.9. The lowest BCUT2D eigenvalue weighted by atomic mass is 9.82. The van der Waals surface area contributed by atoms with Gasteiger partial charge in [-0.05, 0) is 76.2 Å². The van der Waals surface area contributed by atoms with Crippen LogP contribution in [0, 0.1) is 11.8 Å². The summed E-state index contributed by atoms with van der Waals surface area (Å²) in [5.74, 6) is -0.0614. The maximum Gasteiger partial charge on any atom is 0.348 e. The molecule has 2 N–H and O–H groups in total. The molecule has 4 rings (SSSR count). The van der Waals surface area contributed by atoms with Gasteiger partial charge in [-0.15, -0.1) is 11.3 Å². The molecule has 1 amide bonds. The average molecular weight is 432 g/mol. The Labute approximate surface area is 182 Å². The maximum atomic E-state index is 13.7. The Bertz CT molecular complexity index is 808. The van der Waals surface area contributed by atoms with Crippen molar-refractivity contribution in [3.8, 4) is 0 Å². The zero-order chi connectivity index (χ0) is 21.3. The van der Waals surface area contributed by atoms with Crippen molar-refractivity contribution in [2.24, 2.45) is 11.8 Å². The molecule has 164 valence electrons. The van der Waals surface area contributed by atoms with Crippen molar-refractivity contribution < 1.29 is 19.8 Å². The maximum absolute atomic E-state index is 13.7. The van der Waals surface area contributed by atoms with Crippen molar-refractivity contribution >= 4 is 28.9 Å². The summed E-state index contributed by atoms with van der Waals surface area (Å²) in [5.41, 5.74) is 0.559. The Balaban J connectivity index is 1.69. The van der Waals surface area contributed by atoms with E-state index in [0.29, 0.717) is 24.4 Å². The second-order valence-electron chi connectivity index (χ2n) is 9.42. The number of thiophene rings is 1. The van der Waals surface area contributed by atoms with Crippen LogP contribution in [0.3, 0.4) is 0 Å². The van der Waals surface area contributed by atoms with Crippen molar-refractivity contribution in [2.45, 2.75) is 89.2 Å². The molecule has 0 bridgehead atoms. The number of nitrogens with zero attached hydrogens (tertiary/aromatic N) is 1. The molecule has 1 heterocycles. The Morgan fingerprint density at radius 3 is 2.47 bits per heavy atom. The molecule has 0 saturated heterocycles. The van der Waals surface area contributed by atoms with Gasteiger partial charge in [-0.3, -0.25) is 4.79 Å². The average Bonchev–Trinajstić information content (AvgIpc) is 3.36. The molecule has 2 saturated carbocycles. The highest BCUT2D eigenvalue weighted by Gasteiger charge is 2.39. The Morgan fingerprint density at radius 2 is 1.87 bits per heavy atom. The third-order valence-corrected chi connectivity index (χ3v) is 8.39. The third-order valence-electron chi connectivity index (χ3n) is 7.15. The molecule has 30 heavy (non-hydrogen) atoms. The number of hydrogen-bond acceptors (Lipinski definition) is 4. The number of carbonyl (C=O) groups excluding carboxylic acids is 1. The summed E-state index contributed by atoms with van der Waals surface area (Å²) >= 11 is 1.32. The first-order valence-corrected chi connectivity index (χ1v) is 12.3. The molecule has 3 atom stereocenters. The smallest absolute Gasteiger partial charge is 0.348 e. The minimum absolute atomic E-state index is 0.0430. The molecule has 0 radical (unpaired) electrons. The number of anilines is 1. The van der Waals surface area contributed by atoms with E-state index in [1.54, 1.807) is 4.90 Å². The van der Waals surface area contributed by atoms with E-state index in [1.807, 2.05) is 6.07 Å². The van der Waals surface area contributed by atoms with Gasteiger partial charge in [0.1, 0.15) is 4.88 Å². The van der Waals surface area contributed by atoms with E-state index < -0.39 is 12.1 Å². The van der Waals surface area contributed by atoms with Crippen molar-refractivity contribution in [2.75, 3.05) is 4.90 Å². The SMILES string of the molecule is CC1CCC(C(=O)N(c2cc(C3C=CCCC3)sc2C(=O)O)C2CCC(O)C2)CC1. The van der Waals surface area contributed by atoms with Crippen molar-refractivity contribution in [1.82, 2.24) is 0 Å². The van der Waals surface area contributed by atoms with Crippen LogP contribution in [0.25, 0.3) is 0 Å². The summed E-state index contributed by atoms with van der Waals surface area (Å²) < 4.78 is 0. The number of allylic oxidation sites excluding steroid dienone is 2. The number of carboxylic acid groups (broad SMARTS) is 1. The lowest BCUT2D eigenvalue weighted by Crippen LogP contribution is -2.44. The van der Waals surface area contributed by atoms with Crippen molar-refractivity contribution in [3.63, 3.8) is 0 Å². The van der Waals surface area contributed by atoms with Crippen LogP contribution >= 0.6 is 11.3 Å². The molecule has 0 spiro atoms. The number of rotatable bonds is 5. The second kappa shape index (κ2) is 9.23. The Morgan fingerprint density at radius 1 is 1.10 bits per heavy atom. The number of aromatic carboxylic acids is 1. The van der Waals surface area contributed by atoms with Crippen LogP contribution < -0.4 is 4.90 Å². The molecule has 5 nitrogen and oxygen atoms in total. The Hall–Kier alpha value is -1.66. The molecule has 6 heteroatoms. The second-order valence-corrected chi connectivity index (χ2v) is 10.5. The highest BCUT2D eigenvalue weighted by atomic mass is 32.1. The predicted octanol–water partition coefficient (Wildman–Crippen LogP) is 5.34. The molecule has 1 aromatic rings. The summed E-state index contributed by atoms with van der Waals surface area (Å²) in [4.78, 5) is 28.9. The first kappa shape index (κ1) is 21.6.